The molecule has 7 nitrogen and oxygen atoms in total. The van der Waals surface area contributed by atoms with Crippen molar-refractivity contribution in [2.45, 2.75) is 0 Å². The third-order valence-corrected chi connectivity index (χ3v) is 3.43. The maximum atomic E-state index is 12.3. The summed E-state index contributed by atoms with van der Waals surface area (Å²) < 4.78 is 5.61. The standard InChI is InChI=1S/C17H14N4O3/c18-16(21-19)14-9-13(22)11-7-4-8-12(15(11)24-14)20-17(23)10-5-2-1-3-6-10/h1-9H,19H2,(H2,18,21)(H,20,23). The minimum Gasteiger partial charge on any atom is -0.450 e. The number of anilines is 1. The van der Waals surface area contributed by atoms with Gasteiger partial charge in [0.2, 0.25) is 0 Å². The molecule has 0 aliphatic carbocycles. The Morgan fingerprint density at radius 1 is 1.08 bits per heavy atom. The Labute approximate surface area is 136 Å². The summed E-state index contributed by atoms with van der Waals surface area (Å²) in [5.41, 5.74) is 6.33. The van der Waals surface area contributed by atoms with Crippen molar-refractivity contribution in [3.8, 4) is 0 Å². The van der Waals surface area contributed by atoms with Gasteiger partial charge < -0.3 is 21.3 Å². The lowest BCUT2D eigenvalue weighted by Crippen LogP contribution is -2.18. The molecule has 0 bridgehead atoms. The van der Waals surface area contributed by atoms with E-state index < -0.39 is 0 Å². The average molecular weight is 322 g/mol. The zero-order chi connectivity index (χ0) is 17.1. The average Bonchev–Trinajstić information content (AvgIpc) is 2.62. The topological polar surface area (TPSA) is 124 Å². The van der Waals surface area contributed by atoms with Crippen LogP contribution in [-0.2, 0) is 0 Å². The Morgan fingerprint density at radius 2 is 1.83 bits per heavy atom. The van der Waals surface area contributed by atoms with Crippen molar-refractivity contribution in [3.63, 3.8) is 0 Å². The van der Waals surface area contributed by atoms with Gasteiger partial charge in [0.1, 0.15) is 0 Å². The van der Waals surface area contributed by atoms with Gasteiger partial charge in [-0.15, -0.1) is 0 Å². The molecule has 0 unspecified atom stereocenters. The molecule has 0 fully saturated rings. The molecular formula is C17H14N4O3. The predicted octanol–water partition coefficient (Wildman–Crippen LogP) is 1.62. The summed E-state index contributed by atoms with van der Waals surface area (Å²) in [6.45, 7) is 0. The molecule has 0 atom stereocenters. The molecule has 1 aromatic heterocycles. The van der Waals surface area contributed by atoms with Crippen molar-refractivity contribution >= 4 is 28.4 Å². The molecule has 3 aromatic rings. The van der Waals surface area contributed by atoms with Gasteiger partial charge in [-0.2, -0.15) is 5.10 Å². The molecule has 3 rings (SSSR count). The number of nitrogens with two attached hydrogens (primary N) is 2. The first-order chi connectivity index (χ1) is 11.6. The molecule has 7 heteroatoms. The zero-order valence-corrected chi connectivity index (χ0v) is 12.5. The van der Waals surface area contributed by atoms with Crippen LogP contribution in [-0.4, -0.2) is 11.7 Å². The summed E-state index contributed by atoms with van der Waals surface area (Å²) in [7, 11) is 0. The van der Waals surface area contributed by atoms with Crippen LogP contribution < -0.4 is 22.3 Å². The number of amidine groups is 1. The molecule has 1 amide bonds. The third-order valence-electron chi connectivity index (χ3n) is 3.43. The van der Waals surface area contributed by atoms with Gasteiger partial charge in [-0.25, -0.2) is 0 Å². The quantitative estimate of drug-likeness (QED) is 0.292. The number of para-hydroxylation sites is 1. The van der Waals surface area contributed by atoms with Crippen LogP contribution in [0.3, 0.4) is 0 Å². The summed E-state index contributed by atoms with van der Waals surface area (Å²) in [6, 6.07) is 14.8. The van der Waals surface area contributed by atoms with E-state index in [0.717, 1.165) is 0 Å². The second-order valence-electron chi connectivity index (χ2n) is 4.99. The highest BCUT2D eigenvalue weighted by molar-refractivity contribution is 6.08. The molecule has 0 aliphatic heterocycles. The molecule has 2 aromatic carbocycles. The van der Waals surface area contributed by atoms with E-state index in [2.05, 4.69) is 10.4 Å². The second kappa shape index (κ2) is 6.25. The van der Waals surface area contributed by atoms with Gasteiger partial charge in [0.15, 0.2) is 22.6 Å². The van der Waals surface area contributed by atoms with E-state index in [0.29, 0.717) is 16.6 Å². The maximum absolute atomic E-state index is 12.3. The normalized spacial score (nSPS) is 11.4. The first kappa shape index (κ1) is 15.3. The number of carbonyl (C=O) groups is 1. The Hall–Kier alpha value is -3.61. The van der Waals surface area contributed by atoms with Gasteiger partial charge in [-0.1, -0.05) is 24.3 Å². The van der Waals surface area contributed by atoms with Crippen molar-refractivity contribution < 1.29 is 9.21 Å². The first-order valence-corrected chi connectivity index (χ1v) is 7.07. The van der Waals surface area contributed by atoms with Gasteiger partial charge in [0.25, 0.3) is 5.91 Å². The van der Waals surface area contributed by atoms with E-state index in [1.807, 2.05) is 6.07 Å². The Kier molecular flexibility index (Phi) is 3.98. The molecule has 0 radical (unpaired) electrons. The molecular weight excluding hydrogens is 308 g/mol. The number of hydrazone groups is 1. The van der Waals surface area contributed by atoms with Crippen LogP contribution in [0.4, 0.5) is 5.69 Å². The Bertz CT molecular complexity index is 994. The van der Waals surface area contributed by atoms with E-state index in [1.165, 1.54) is 6.07 Å². The fraction of sp³-hybridized carbons (Fsp3) is 0. The number of hydrogen-bond donors (Lipinski definition) is 3. The highest BCUT2D eigenvalue weighted by atomic mass is 16.3. The van der Waals surface area contributed by atoms with Crippen LogP contribution in [0.1, 0.15) is 16.1 Å². The van der Waals surface area contributed by atoms with Gasteiger partial charge >= 0.3 is 0 Å². The van der Waals surface area contributed by atoms with Crippen LogP contribution in [0.15, 0.2) is 68.9 Å². The van der Waals surface area contributed by atoms with Crippen LogP contribution in [0.2, 0.25) is 0 Å². The summed E-state index contributed by atoms with van der Waals surface area (Å²) >= 11 is 0. The minimum atomic E-state index is -0.323. The SMILES string of the molecule is NN=C(N)c1cc(=O)c2cccc(NC(=O)c3ccccc3)c2o1. The van der Waals surface area contributed by atoms with E-state index in [1.54, 1.807) is 42.5 Å². The van der Waals surface area contributed by atoms with Crippen LogP contribution in [0.25, 0.3) is 11.0 Å². The highest BCUT2D eigenvalue weighted by Gasteiger charge is 2.13. The lowest BCUT2D eigenvalue weighted by Gasteiger charge is -2.09. The van der Waals surface area contributed by atoms with E-state index >= 15 is 0 Å². The number of carbonyl (C=O) groups excluding carboxylic acids is 1. The van der Waals surface area contributed by atoms with Gasteiger partial charge in [-0.05, 0) is 24.3 Å². The Morgan fingerprint density at radius 3 is 2.54 bits per heavy atom. The minimum absolute atomic E-state index is 0.0383. The number of rotatable bonds is 3. The highest BCUT2D eigenvalue weighted by Crippen LogP contribution is 2.23. The summed E-state index contributed by atoms with van der Waals surface area (Å²) in [5.74, 6) is 4.73. The number of hydrogen-bond acceptors (Lipinski definition) is 5. The second-order valence-corrected chi connectivity index (χ2v) is 4.99. The largest absolute Gasteiger partial charge is 0.450 e. The number of nitrogens with one attached hydrogen (secondary N) is 1. The molecule has 120 valence electrons. The van der Waals surface area contributed by atoms with Crippen molar-refractivity contribution in [1.82, 2.24) is 0 Å². The van der Waals surface area contributed by atoms with Crippen molar-refractivity contribution in [3.05, 3.63) is 76.1 Å². The van der Waals surface area contributed by atoms with Crippen LogP contribution >= 0.6 is 0 Å². The number of nitrogens with zero attached hydrogens (tertiary/aromatic N) is 1. The smallest absolute Gasteiger partial charge is 0.255 e. The van der Waals surface area contributed by atoms with E-state index in [9.17, 15) is 9.59 Å². The molecule has 24 heavy (non-hydrogen) atoms. The monoisotopic (exact) mass is 322 g/mol. The third kappa shape index (κ3) is 2.82. The van der Waals surface area contributed by atoms with E-state index in [-0.39, 0.29) is 28.5 Å². The van der Waals surface area contributed by atoms with Crippen LogP contribution in [0, 0.1) is 0 Å². The van der Waals surface area contributed by atoms with Crippen LogP contribution in [0.5, 0.6) is 0 Å². The summed E-state index contributed by atoms with van der Waals surface area (Å²) in [4.78, 5) is 24.5. The fourth-order valence-electron chi connectivity index (χ4n) is 2.25. The fourth-order valence-corrected chi connectivity index (χ4v) is 2.25. The molecule has 0 saturated heterocycles. The molecule has 1 heterocycles. The zero-order valence-electron chi connectivity index (χ0n) is 12.5. The molecule has 0 saturated carbocycles. The van der Waals surface area contributed by atoms with Crippen molar-refractivity contribution in [1.29, 1.82) is 0 Å². The van der Waals surface area contributed by atoms with E-state index in [4.69, 9.17) is 16.0 Å². The number of amides is 1. The number of benzene rings is 2. The van der Waals surface area contributed by atoms with Gasteiger partial charge in [-0.3, -0.25) is 9.59 Å². The lowest BCUT2D eigenvalue weighted by atomic mass is 10.1. The van der Waals surface area contributed by atoms with Crippen molar-refractivity contribution in [2.24, 2.45) is 16.7 Å². The predicted molar refractivity (Wildman–Crippen MR) is 91.8 cm³/mol. The molecule has 0 aliphatic rings. The first-order valence-electron chi connectivity index (χ1n) is 7.07. The number of fused-ring (bicyclic) bond motifs is 1. The van der Waals surface area contributed by atoms with Gasteiger partial charge in [0.05, 0.1) is 11.1 Å². The molecule has 0 spiro atoms. The van der Waals surface area contributed by atoms with Gasteiger partial charge in [0, 0.05) is 11.6 Å². The summed E-state index contributed by atoms with van der Waals surface area (Å²) in [5, 5.41) is 6.36. The van der Waals surface area contributed by atoms with Crippen molar-refractivity contribution in [2.75, 3.05) is 5.32 Å². The maximum Gasteiger partial charge on any atom is 0.255 e. The Balaban J connectivity index is 2.09. The molecule has 5 N–H and O–H groups in total. The lowest BCUT2D eigenvalue weighted by molar-refractivity contribution is 0.102. The summed E-state index contributed by atoms with van der Waals surface area (Å²) in [6.07, 6.45) is 0.